The number of hydrogen-bond acceptors (Lipinski definition) is 6. The van der Waals surface area contributed by atoms with E-state index in [1.807, 2.05) is 109 Å². The summed E-state index contributed by atoms with van der Waals surface area (Å²) >= 11 is 0. The molecule has 37 heavy (non-hydrogen) atoms. The Bertz CT molecular complexity index is 1100. The van der Waals surface area contributed by atoms with E-state index in [2.05, 4.69) is 29.9 Å². The van der Waals surface area contributed by atoms with Crippen molar-refractivity contribution >= 4 is 0 Å². The van der Waals surface area contributed by atoms with Gasteiger partial charge in [0.25, 0.3) is 0 Å². The third-order valence-electron chi connectivity index (χ3n) is 4.78. The van der Waals surface area contributed by atoms with Gasteiger partial charge in [0.05, 0.1) is 34.2 Å². The molecule has 0 saturated heterocycles. The summed E-state index contributed by atoms with van der Waals surface area (Å²) in [5, 5.41) is 0. The summed E-state index contributed by atoms with van der Waals surface area (Å²) in [6.45, 7) is 0. The molecule has 0 atom stereocenters. The third kappa shape index (κ3) is 8.85. The Morgan fingerprint density at radius 3 is 0.514 bits per heavy atom. The Balaban J connectivity index is 0.000000152. The van der Waals surface area contributed by atoms with Crippen LogP contribution in [0, 0.1) is 0 Å². The van der Waals surface area contributed by atoms with Crippen LogP contribution in [0.1, 0.15) is 0 Å². The molecule has 0 saturated carbocycles. The first-order valence-electron chi connectivity index (χ1n) is 11.4. The number of nitrogens with zero attached hydrogens (tertiary/aromatic N) is 6. The molecule has 1 radical (unpaired) electrons. The van der Waals surface area contributed by atoms with Crippen LogP contribution in [0.2, 0.25) is 0 Å². The van der Waals surface area contributed by atoms with Crippen molar-refractivity contribution < 1.29 is 17.1 Å². The van der Waals surface area contributed by atoms with Crippen LogP contribution in [-0.2, 0) is 17.1 Å². The quantitative estimate of drug-likeness (QED) is 0.249. The van der Waals surface area contributed by atoms with Gasteiger partial charge in [-0.05, 0) is 72.8 Å². The molecule has 181 valence electrons. The van der Waals surface area contributed by atoms with Crippen LogP contribution in [0.3, 0.4) is 0 Å². The minimum Gasteiger partial charge on any atom is -0.255 e. The van der Waals surface area contributed by atoms with Crippen molar-refractivity contribution in [1.82, 2.24) is 29.9 Å². The maximum absolute atomic E-state index is 4.19. The van der Waals surface area contributed by atoms with Gasteiger partial charge in [0.15, 0.2) is 0 Å². The minimum atomic E-state index is 0. The first kappa shape index (κ1) is 27.0. The van der Waals surface area contributed by atoms with Crippen LogP contribution in [0.15, 0.2) is 146 Å². The Morgan fingerprint density at radius 2 is 0.405 bits per heavy atom. The second-order valence-electron chi connectivity index (χ2n) is 7.29. The van der Waals surface area contributed by atoms with Gasteiger partial charge >= 0.3 is 0 Å². The van der Waals surface area contributed by atoms with Crippen molar-refractivity contribution in [3.8, 4) is 34.2 Å². The van der Waals surface area contributed by atoms with Gasteiger partial charge in [-0.1, -0.05) is 36.4 Å². The molecule has 0 aromatic carbocycles. The van der Waals surface area contributed by atoms with Gasteiger partial charge in [0.1, 0.15) is 0 Å². The van der Waals surface area contributed by atoms with E-state index >= 15 is 0 Å². The first-order chi connectivity index (χ1) is 17.9. The normalized spacial score (nSPS) is 9.41. The smallest absolute Gasteiger partial charge is 0.0886 e. The van der Waals surface area contributed by atoms with Gasteiger partial charge < -0.3 is 0 Å². The number of pyridine rings is 6. The second-order valence-corrected chi connectivity index (χ2v) is 7.29. The van der Waals surface area contributed by atoms with Crippen molar-refractivity contribution in [3.05, 3.63) is 146 Å². The van der Waals surface area contributed by atoms with Gasteiger partial charge in [-0.3, -0.25) is 29.9 Å². The molecule has 0 N–H and O–H groups in total. The minimum absolute atomic E-state index is 0. The number of rotatable bonds is 3. The van der Waals surface area contributed by atoms with Crippen molar-refractivity contribution in [3.63, 3.8) is 0 Å². The Morgan fingerprint density at radius 1 is 0.243 bits per heavy atom. The molecule has 7 heteroatoms. The summed E-state index contributed by atoms with van der Waals surface area (Å²) in [4.78, 5) is 25.1. The molecular formula is C30H24MnN6. The van der Waals surface area contributed by atoms with Crippen LogP contribution in [0.25, 0.3) is 34.2 Å². The summed E-state index contributed by atoms with van der Waals surface area (Å²) in [6, 6.07) is 34.8. The van der Waals surface area contributed by atoms with Crippen LogP contribution in [0.4, 0.5) is 0 Å². The van der Waals surface area contributed by atoms with Crippen LogP contribution < -0.4 is 0 Å². The summed E-state index contributed by atoms with van der Waals surface area (Å²) in [7, 11) is 0. The van der Waals surface area contributed by atoms with E-state index in [9.17, 15) is 0 Å². The average molecular weight is 524 g/mol. The van der Waals surface area contributed by atoms with E-state index in [1.54, 1.807) is 37.2 Å². The van der Waals surface area contributed by atoms with Gasteiger partial charge in [-0.15, -0.1) is 0 Å². The molecule has 0 fully saturated rings. The van der Waals surface area contributed by atoms with E-state index in [-0.39, 0.29) is 17.1 Å². The molecule has 0 aliphatic heterocycles. The molecule has 0 unspecified atom stereocenters. The maximum atomic E-state index is 4.19. The first-order valence-corrected chi connectivity index (χ1v) is 11.4. The fourth-order valence-electron chi connectivity index (χ4n) is 3.09. The Labute approximate surface area is 227 Å². The number of hydrogen-bond donors (Lipinski definition) is 0. The van der Waals surface area contributed by atoms with E-state index in [0.29, 0.717) is 0 Å². The topological polar surface area (TPSA) is 77.3 Å². The average Bonchev–Trinajstić information content (AvgIpc) is 3.01. The van der Waals surface area contributed by atoms with E-state index < -0.39 is 0 Å². The predicted octanol–water partition coefficient (Wildman–Crippen LogP) is 6.43. The second kappa shape index (κ2) is 15.4. The summed E-state index contributed by atoms with van der Waals surface area (Å²) in [5.41, 5.74) is 5.49. The molecule has 6 aromatic heterocycles. The summed E-state index contributed by atoms with van der Waals surface area (Å²) < 4.78 is 0. The molecule has 0 amide bonds. The SMILES string of the molecule is [Mn].c1ccc(-c2ccccn2)nc1.c1ccc(-c2ccccn2)nc1.c1ccc(-c2ccccn2)nc1. The molecule has 6 rings (SSSR count). The fourth-order valence-corrected chi connectivity index (χ4v) is 3.09. The van der Waals surface area contributed by atoms with Crippen molar-refractivity contribution in [1.29, 1.82) is 0 Å². The summed E-state index contributed by atoms with van der Waals surface area (Å²) in [6.07, 6.45) is 10.6. The van der Waals surface area contributed by atoms with Crippen molar-refractivity contribution in [2.45, 2.75) is 0 Å². The zero-order valence-corrected chi connectivity index (χ0v) is 21.1. The molecule has 0 bridgehead atoms. The van der Waals surface area contributed by atoms with Crippen LogP contribution >= 0.6 is 0 Å². The molecular weight excluding hydrogens is 499 g/mol. The standard InChI is InChI=1S/3C10H8N2.Mn/c3*1-3-7-11-9(5-1)10-6-2-4-8-12-10;/h3*1-8H;. The molecule has 0 aliphatic carbocycles. The molecule has 6 nitrogen and oxygen atoms in total. The largest absolute Gasteiger partial charge is 0.255 e. The van der Waals surface area contributed by atoms with Gasteiger partial charge in [0, 0.05) is 54.2 Å². The summed E-state index contributed by atoms with van der Waals surface area (Å²) in [5.74, 6) is 0. The zero-order valence-electron chi connectivity index (χ0n) is 19.9. The molecule has 6 aromatic rings. The molecule has 6 heterocycles. The monoisotopic (exact) mass is 523 g/mol. The van der Waals surface area contributed by atoms with E-state index in [4.69, 9.17) is 0 Å². The van der Waals surface area contributed by atoms with Gasteiger partial charge in [-0.2, -0.15) is 0 Å². The van der Waals surface area contributed by atoms with Crippen molar-refractivity contribution in [2.24, 2.45) is 0 Å². The molecule has 0 spiro atoms. The van der Waals surface area contributed by atoms with Gasteiger partial charge in [-0.25, -0.2) is 0 Å². The maximum Gasteiger partial charge on any atom is 0.0886 e. The number of aromatic nitrogens is 6. The van der Waals surface area contributed by atoms with Crippen molar-refractivity contribution in [2.75, 3.05) is 0 Å². The predicted molar refractivity (Wildman–Crippen MR) is 142 cm³/mol. The Kier molecular flexibility index (Phi) is 11.3. The molecule has 0 aliphatic rings. The van der Waals surface area contributed by atoms with E-state index in [0.717, 1.165) is 34.2 Å². The van der Waals surface area contributed by atoms with E-state index in [1.165, 1.54) is 0 Å². The van der Waals surface area contributed by atoms with Crippen LogP contribution in [-0.4, -0.2) is 29.9 Å². The van der Waals surface area contributed by atoms with Crippen LogP contribution in [0.5, 0.6) is 0 Å². The fraction of sp³-hybridized carbons (Fsp3) is 0. The third-order valence-corrected chi connectivity index (χ3v) is 4.78. The van der Waals surface area contributed by atoms with Gasteiger partial charge in [0.2, 0.25) is 0 Å². The Hall–Kier alpha value is -4.58. The zero-order chi connectivity index (χ0) is 24.7.